The van der Waals surface area contributed by atoms with Gasteiger partial charge in [-0.1, -0.05) is 33.6 Å². The first-order valence-electron chi connectivity index (χ1n) is 6.96. The van der Waals surface area contributed by atoms with Gasteiger partial charge in [0.1, 0.15) is 0 Å². The molecular formula is C15H29N. The Hall–Kier alpha value is -0.480. The minimum atomic E-state index is 0.679. The fourth-order valence-electron chi connectivity index (χ4n) is 2.48. The summed E-state index contributed by atoms with van der Waals surface area (Å²) in [5, 5.41) is 3.64. The molecule has 0 aliphatic carbocycles. The summed E-state index contributed by atoms with van der Waals surface area (Å²) in [5.74, 6) is 3.58. The van der Waals surface area contributed by atoms with Crippen molar-refractivity contribution >= 4 is 0 Å². The van der Waals surface area contributed by atoms with Crippen molar-refractivity contribution in [2.24, 2.45) is 5.92 Å². The second kappa shape index (κ2) is 11.0. The first-order valence-corrected chi connectivity index (χ1v) is 6.96. The van der Waals surface area contributed by atoms with Gasteiger partial charge in [-0.15, -0.1) is 12.3 Å². The molecule has 0 saturated carbocycles. The van der Waals surface area contributed by atoms with Crippen molar-refractivity contribution in [2.45, 2.75) is 71.8 Å². The molecule has 0 aliphatic heterocycles. The first-order chi connectivity index (χ1) is 7.79. The third kappa shape index (κ3) is 6.90. The lowest BCUT2D eigenvalue weighted by atomic mass is 9.87. The first kappa shape index (κ1) is 15.5. The number of nitrogens with one attached hydrogen (secondary N) is 1. The average Bonchev–Trinajstić information content (AvgIpc) is 2.28. The highest BCUT2D eigenvalue weighted by Gasteiger charge is 2.18. The lowest BCUT2D eigenvalue weighted by Gasteiger charge is -2.27. The van der Waals surface area contributed by atoms with Crippen LogP contribution in [0.5, 0.6) is 0 Å². The molecule has 0 spiro atoms. The Morgan fingerprint density at radius 1 is 1.06 bits per heavy atom. The van der Waals surface area contributed by atoms with Gasteiger partial charge < -0.3 is 5.32 Å². The number of unbranched alkanes of at least 4 members (excludes halogenated alkanes) is 1. The molecule has 1 heteroatoms. The van der Waals surface area contributed by atoms with Crippen LogP contribution in [0.1, 0.15) is 65.7 Å². The average molecular weight is 223 g/mol. The number of hydrogen-bond acceptors (Lipinski definition) is 1. The van der Waals surface area contributed by atoms with Crippen LogP contribution in [0.4, 0.5) is 0 Å². The van der Waals surface area contributed by atoms with Crippen LogP contribution in [-0.2, 0) is 0 Å². The third-order valence-electron chi connectivity index (χ3n) is 3.19. The smallest absolute Gasteiger partial charge is 0.00955 e. The Bertz CT molecular complexity index is 174. The topological polar surface area (TPSA) is 12.0 Å². The summed E-state index contributed by atoms with van der Waals surface area (Å²) in [6, 6.07) is 0.679. The van der Waals surface area contributed by atoms with Crippen LogP contribution in [0, 0.1) is 18.3 Å². The van der Waals surface area contributed by atoms with Gasteiger partial charge in [0.25, 0.3) is 0 Å². The van der Waals surface area contributed by atoms with E-state index in [-0.39, 0.29) is 0 Å². The molecule has 0 aromatic heterocycles. The lowest BCUT2D eigenvalue weighted by molar-refractivity contribution is 0.297. The molecule has 16 heavy (non-hydrogen) atoms. The van der Waals surface area contributed by atoms with E-state index in [4.69, 9.17) is 6.42 Å². The van der Waals surface area contributed by atoms with Crippen molar-refractivity contribution < 1.29 is 0 Å². The molecule has 0 bridgehead atoms. The summed E-state index contributed by atoms with van der Waals surface area (Å²) in [6.07, 6.45) is 13.9. The van der Waals surface area contributed by atoms with Gasteiger partial charge >= 0.3 is 0 Å². The molecular weight excluding hydrogens is 194 g/mol. The highest BCUT2D eigenvalue weighted by atomic mass is 14.9. The summed E-state index contributed by atoms with van der Waals surface area (Å²) in [4.78, 5) is 0. The number of hydrogen-bond donors (Lipinski definition) is 1. The highest BCUT2D eigenvalue weighted by molar-refractivity contribution is 4.85. The maximum atomic E-state index is 5.31. The van der Waals surface area contributed by atoms with Crippen LogP contribution in [0.15, 0.2) is 0 Å². The molecule has 0 fully saturated rings. The zero-order valence-electron chi connectivity index (χ0n) is 11.4. The third-order valence-corrected chi connectivity index (χ3v) is 3.19. The van der Waals surface area contributed by atoms with Gasteiger partial charge in [0.2, 0.25) is 0 Å². The molecule has 0 aromatic rings. The lowest BCUT2D eigenvalue weighted by Crippen LogP contribution is -2.36. The minimum Gasteiger partial charge on any atom is -0.314 e. The Labute approximate surface area is 102 Å². The molecule has 0 aliphatic rings. The molecule has 1 unspecified atom stereocenters. The second-order valence-electron chi connectivity index (χ2n) is 4.60. The maximum absolute atomic E-state index is 5.31. The summed E-state index contributed by atoms with van der Waals surface area (Å²) >= 11 is 0. The zero-order valence-corrected chi connectivity index (χ0v) is 11.4. The van der Waals surface area contributed by atoms with Gasteiger partial charge in [-0.3, -0.25) is 0 Å². The van der Waals surface area contributed by atoms with Crippen molar-refractivity contribution in [3.05, 3.63) is 0 Å². The molecule has 0 amide bonds. The maximum Gasteiger partial charge on any atom is 0.00955 e. The molecule has 1 nitrogen and oxygen atoms in total. The van der Waals surface area contributed by atoms with E-state index < -0.39 is 0 Å². The predicted octanol–water partition coefficient (Wildman–Crippen LogP) is 3.98. The Morgan fingerprint density at radius 3 is 2.12 bits per heavy atom. The van der Waals surface area contributed by atoms with Crippen molar-refractivity contribution in [3.63, 3.8) is 0 Å². The Kier molecular flexibility index (Phi) is 10.7. The van der Waals surface area contributed by atoms with Crippen LogP contribution in [0.2, 0.25) is 0 Å². The van der Waals surface area contributed by atoms with Gasteiger partial charge in [0.15, 0.2) is 0 Å². The summed E-state index contributed by atoms with van der Waals surface area (Å²) in [6.45, 7) is 7.84. The summed E-state index contributed by atoms with van der Waals surface area (Å²) in [5.41, 5.74) is 0. The quantitative estimate of drug-likeness (QED) is 0.436. The molecule has 0 saturated heterocycles. The number of terminal acetylenes is 1. The Balaban J connectivity index is 4.14. The second-order valence-corrected chi connectivity index (χ2v) is 4.60. The SMILES string of the molecule is C#CCCCC(NCC)C(CCC)CCC. The highest BCUT2D eigenvalue weighted by Crippen LogP contribution is 2.21. The molecule has 1 N–H and O–H groups in total. The van der Waals surface area contributed by atoms with Crippen molar-refractivity contribution in [2.75, 3.05) is 6.54 Å². The zero-order chi connectivity index (χ0) is 12.2. The van der Waals surface area contributed by atoms with Crippen molar-refractivity contribution in [1.29, 1.82) is 0 Å². The number of rotatable bonds is 10. The predicted molar refractivity (Wildman–Crippen MR) is 73.5 cm³/mol. The molecule has 0 rings (SSSR count). The van der Waals surface area contributed by atoms with E-state index in [0.29, 0.717) is 6.04 Å². The summed E-state index contributed by atoms with van der Waals surface area (Å²) in [7, 11) is 0. The van der Waals surface area contributed by atoms with Gasteiger partial charge in [0.05, 0.1) is 0 Å². The van der Waals surface area contributed by atoms with Crippen molar-refractivity contribution in [1.82, 2.24) is 5.32 Å². The largest absolute Gasteiger partial charge is 0.314 e. The van der Waals surface area contributed by atoms with Crippen LogP contribution in [0.25, 0.3) is 0 Å². The van der Waals surface area contributed by atoms with Gasteiger partial charge in [-0.25, -0.2) is 0 Å². The van der Waals surface area contributed by atoms with E-state index in [1.807, 2.05) is 0 Å². The van der Waals surface area contributed by atoms with E-state index >= 15 is 0 Å². The Morgan fingerprint density at radius 2 is 1.69 bits per heavy atom. The summed E-state index contributed by atoms with van der Waals surface area (Å²) < 4.78 is 0. The normalized spacial score (nSPS) is 12.7. The molecule has 0 aromatic carbocycles. The van der Waals surface area contributed by atoms with E-state index in [1.165, 1.54) is 32.1 Å². The van der Waals surface area contributed by atoms with Crippen LogP contribution < -0.4 is 5.32 Å². The van der Waals surface area contributed by atoms with Crippen LogP contribution in [0.3, 0.4) is 0 Å². The molecule has 0 radical (unpaired) electrons. The fraction of sp³-hybridized carbons (Fsp3) is 0.867. The molecule has 0 heterocycles. The fourth-order valence-corrected chi connectivity index (χ4v) is 2.48. The van der Waals surface area contributed by atoms with E-state index in [9.17, 15) is 0 Å². The van der Waals surface area contributed by atoms with Crippen molar-refractivity contribution in [3.8, 4) is 12.3 Å². The van der Waals surface area contributed by atoms with Gasteiger partial charge in [-0.2, -0.15) is 0 Å². The van der Waals surface area contributed by atoms with Gasteiger partial charge in [0, 0.05) is 12.5 Å². The van der Waals surface area contributed by atoms with E-state index in [2.05, 4.69) is 32.0 Å². The van der Waals surface area contributed by atoms with Crippen LogP contribution in [-0.4, -0.2) is 12.6 Å². The minimum absolute atomic E-state index is 0.679. The van der Waals surface area contributed by atoms with E-state index in [1.54, 1.807) is 0 Å². The molecule has 94 valence electrons. The molecule has 1 atom stereocenters. The van der Waals surface area contributed by atoms with Gasteiger partial charge in [-0.05, 0) is 38.1 Å². The van der Waals surface area contributed by atoms with Crippen LogP contribution >= 0.6 is 0 Å². The standard InChI is InChI=1S/C15H29N/c1-5-9-10-13-15(16-8-4)14(11-6-2)12-7-3/h1,14-16H,6-13H2,2-4H3. The van der Waals surface area contributed by atoms with E-state index in [0.717, 1.165) is 25.3 Å². The monoisotopic (exact) mass is 223 g/mol.